The number of halogens is 2. The van der Waals surface area contributed by atoms with E-state index in [2.05, 4.69) is 26.1 Å². The minimum Gasteiger partial charge on any atom is -0.325 e. The summed E-state index contributed by atoms with van der Waals surface area (Å²) in [4.78, 5) is 0. The summed E-state index contributed by atoms with van der Waals surface area (Å²) in [6.07, 6.45) is 0. The van der Waals surface area contributed by atoms with Gasteiger partial charge in [-0.2, -0.15) is 5.10 Å². The van der Waals surface area contributed by atoms with Crippen LogP contribution < -0.4 is 5.73 Å². The third-order valence-corrected chi connectivity index (χ3v) is 2.31. The van der Waals surface area contributed by atoms with Crippen molar-refractivity contribution in [1.82, 2.24) is 10.2 Å². The van der Waals surface area contributed by atoms with Crippen molar-refractivity contribution >= 4 is 26.8 Å². The Labute approximate surface area is 82.2 Å². The summed E-state index contributed by atoms with van der Waals surface area (Å²) in [7, 11) is 0. The summed E-state index contributed by atoms with van der Waals surface area (Å²) >= 11 is 3.19. The average molecular weight is 244 g/mol. The highest BCUT2D eigenvalue weighted by Crippen LogP contribution is 2.23. The molecular weight excluding hydrogens is 237 g/mol. The smallest absolute Gasteiger partial charge is 0.135 e. The fourth-order valence-electron chi connectivity index (χ4n) is 1.28. The molecule has 0 fully saturated rings. The number of nitrogens with one attached hydrogen (secondary N) is 1. The number of rotatable bonds is 1. The lowest BCUT2D eigenvalue weighted by atomic mass is 10.2. The maximum absolute atomic E-state index is 13.4. The molecule has 0 spiro atoms. The van der Waals surface area contributed by atoms with E-state index in [0.717, 1.165) is 0 Å². The van der Waals surface area contributed by atoms with E-state index in [9.17, 15) is 4.39 Å². The van der Waals surface area contributed by atoms with E-state index in [0.29, 0.717) is 21.1 Å². The molecule has 1 aromatic carbocycles. The van der Waals surface area contributed by atoms with Crippen LogP contribution in [0.5, 0.6) is 0 Å². The molecule has 68 valence electrons. The molecule has 0 saturated heterocycles. The molecule has 0 radical (unpaired) electrons. The van der Waals surface area contributed by atoms with E-state index >= 15 is 0 Å². The van der Waals surface area contributed by atoms with E-state index in [4.69, 9.17) is 5.73 Å². The second-order valence-electron chi connectivity index (χ2n) is 2.69. The van der Waals surface area contributed by atoms with Crippen LogP contribution in [-0.4, -0.2) is 10.2 Å². The van der Waals surface area contributed by atoms with Gasteiger partial charge in [0.15, 0.2) is 0 Å². The van der Waals surface area contributed by atoms with Gasteiger partial charge in [-0.3, -0.25) is 5.10 Å². The summed E-state index contributed by atoms with van der Waals surface area (Å²) in [6, 6.07) is 3.14. The molecule has 0 atom stereocenters. The summed E-state index contributed by atoms with van der Waals surface area (Å²) < 4.78 is 14.1. The van der Waals surface area contributed by atoms with Crippen molar-refractivity contribution in [1.29, 1.82) is 0 Å². The zero-order valence-electron chi connectivity index (χ0n) is 6.64. The Balaban J connectivity index is 2.82. The van der Waals surface area contributed by atoms with Crippen molar-refractivity contribution in [2.45, 2.75) is 6.54 Å². The molecule has 0 amide bonds. The number of benzene rings is 1. The van der Waals surface area contributed by atoms with Gasteiger partial charge >= 0.3 is 0 Å². The van der Waals surface area contributed by atoms with Crippen molar-refractivity contribution in [2.24, 2.45) is 5.73 Å². The van der Waals surface area contributed by atoms with E-state index in [1.165, 1.54) is 6.07 Å². The van der Waals surface area contributed by atoms with Crippen molar-refractivity contribution in [3.8, 4) is 0 Å². The molecule has 3 N–H and O–H groups in total. The van der Waals surface area contributed by atoms with Gasteiger partial charge < -0.3 is 5.73 Å². The number of aromatic nitrogens is 2. The summed E-state index contributed by atoms with van der Waals surface area (Å²) in [6.45, 7) is 0.259. The highest BCUT2D eigenvalue weighted by atomic mass is 79.9. The first-order chi connectivity index (χ1) is 6.22. The Bertz CT molecular complexity index is 452. The Morgan fingerprint density at radius 2 is 2.31 bits per heavy atom. The van der Waals surface area contributed by atoms with Crippen molar-refractivity contribution < 1.29 is 4.39 Å². The van der Waals surface area contributed by atoms with E-state index in [-0.39, 0.29) is 12.4 Å². The van der Waals surface area contributed by atoms with Gasteiger partial charge in [0.25, 0.3) is 0 Å². The van der Waals surface area contributed by atoms with Crippen LogP contribution in [0.2, 0.25) is 0 Å². The fraction of sp³-hybridized carbons (Fsp3) is 0.125. The molecule has 0 bridgehead atoms. The van der Waals surface area contributed by atoms with Gasteiger partial charge in [0, 0.05) is 11.0 Å². The lowest BCUT2D eigenvalue weighted by Gasteiger charge is -1.95. The summed E-state index contributed by atoms with van der Waals surface area (Å²) in [5.41, 5.74) is 6.63. The van der Waals surface area contributed by atoms with Crippen molar-refractivity contribution in [3.05, 3.63) is 28.1 Å². The first-order valence-electron chi connectivity index (χ1n) is 3.74. The molecule has 0 aliphatic carbocycles. The van der Waals surface area contributed by atoms with Gasteiger partial charge in [-0.05, 0) is 12.1 Å². The lowest BCUT2D eigenvalue weighted by molar-refractivity contribution is 0.638. The number of aromatic amines is 1. The predicted molar refractivity (Wildman–Crippen MR) is 51.6 cm³/mol. The second kappa shape index (κ2) is 3.08. The molecule has 0 unspecified atom stereocenters. The van der Waals surface area contributed by atoms with Crippen LogP contribution in [0.25, 0.3) is 10.9 Å². The van der Waals surface area contributed by atoms with Gasteiger partial charge in [0.2, 0.25) is 0 Å². The van der Waals surface area contributed by atoms with Crippen LogP contribution in [0, 0.1) is 5.82 Å². The summed E-state index contributed by atoms with van der Waals surface area (Å²) in [5.74, 6) is -0.307. The zero-order valence-corrected chi connectivity index (χ0v) is 8.23. The van der Waals surface area contributed by atoms with Gasteiger partial charge in [0.05, 0.1) is 16.6 Å². The minimum atomic E-state index is -0.307. The molecule has 2 aromatic rings. The highest BCUT2D eigenvalue weighted by molar-refractivity contribution is 9.10. The van der Waals surface area contributed by atoms with Crippen LogP contribution in [0.1, 0.15) is 5.69 Å². The molecule has 13 heavy (non-hydrogen) atoms. The number of nitrogens with zero attached hydrogens (tertiary/aromatic N) is 1. The van der Waals surface area contributed by atoms with Crippen LogP contribution in [-0.2, 0) is 6.54 Å². The number of fused-ring (bicyclic) bond motifs is 1. The average Bonchev–Trinajstić information content (AvgIpc) is 2.47. The maximum atomic E-state index is 13.4. The Kier molecular flexibility index (Phi) is 2.05. The van der Waals surface area contributed by atoms with Crippen LogP contribution >= 0.6 is 15.9 Å². The van der Waals surface area contributed by atoms with Crippen molar-refractivity contribution in [3.63, 3.8) is 0 Å². The first-order valence-corrected chi connectivity index (χ1v) is 4.53. The monoisotopic (exact) mass is 243 g/mol. The van der Waals surface area contributed by atoms with E-state index < -0.39 is 0 Å². The topological polar surface area (TPSA) is 54.7 Å². The first kappa shape index (κ1) is 8.65. The quantitative estimate of drug-likeness (QED) is 0.805. The van der Waals surface area contributed by atoms with Crippen molar-refractivity contribution in [2.75, 3.05) is 0 Å². The maximum Gasteiger partial charge on any atom is 0.135 e. The zero-order chi connectivity index (χ0) is 9.42. The second-order valence-corrected chi connectivity index (χ2v) is 3.60. The van der Waals surface area contributed by atoms with Crippen LogP contribution in [0.15, 0.2) is 16.6 Å². The molecule has 0 aliphatic rings. The molecule has 1 heterocycles. The molecule has 0 saturated carbocycles. The molecule has 2 rings (SSSR count). The van der Waals surface area contributed by atoms with Crippen LogP contribution in [0.3, 0.4) is 0 Å². The number of hydrogen-bond acceptors (Lipinski definition) is 2. The number of H-pyrrole nitrogens is 1. The van der Waals surface area contributed by atoms with Crippen LogP contribution in [0.4, 0.5) is 4.39 Å². The van der Waals surface area contributed by atoms with E-state index in [1.54, 1.807) is 6.07 Å². The molecule has 5 heteroatoms. The SMILES string of the molecule is NCc1[nH]nc2cc(Br)cc(F)c12. The number of hydrogen-bond donors (Lipinski definition) is 2. The highest BCUT2D eigenvalue weighted by Gasteiger charge is 2.09. The Morgan fingerprint density at radius 3 is 3.00 bits per heavy atom. The molecule has 3 nitrogen and oxygen atoms in total. The Morgan fingerprint density at radius 1 is 1.54 bits per heavy atom. The predicted octanol–water partition coefficient (Wildman–Crippen LogP) is 1.92. The van der Waals surface area contributed by atoms with Gasteiger partial charge in [0.1, 0.15) is 5.82 Å². The van der Waals surface area contributed by atoms with Gasteiger partial charge in [-0.25, -0.2) is 4.39 Å². The molecule has 0 aliphatic heterocycles. The van der Waals surface area contributed by atoms with Gasteiger partial charge in [-0.1, -0.05) is 15.9 Å². The number of nitrogens with two attached hydrogens (primary N) is 1. The largest absolute Gasteiger partial charge is 0.325 e. The molecular formula is C8H7BrFN3. The fourth-order valence-corrected chi connectivity index (χ4v) is 1.70. The van der Waals surface area contributed by atoms with E-state index in [1.807, 2.05) is 0 Å². The van der Waals surface area contributed by atoms with Gasteiger partial charge in [-0.15, -0.1) is 0 Å². The normalized spacial score (nSPS) is 11.0. The lowest BCUT2D eigenvalue weighted by Crippen LogP contribution is -1.97. The Hall–Kier alpha value is -0.940. The molecule has 1 aromatic heterocycles. The third kappa shape index (κ3) is 1.34. The summed E-state index contributed by atoms with van der Waals surface area (Å²) in [5, 5.41) is 7.11. The third-order valence-electron chi connectivity index (χ3n) is 1.85. The minimum absolute atomic E-state index is 0.259. The standard InChI is InChI=1S/C8H7BrFN3/c9-4-1-5(10)8-6(2-4)12-13-7(8)3-11/h1-2H,3,11H2,(H,12,13).